The highest BCUT2D eigenvalue weighted by atomic mass is 28.3. The van der Waals surface area contributed by atoms with Crippen molar-refractivity contribution in [3.8, 4) is 0 Å². The minimum Gasteiger partial charge on any atom is -0.333 e. The van der Waals surface area contributed by atoms with E-state index in [1.807, 2.05) is 0 Å². The van der Waals surface area contributed by atoms with E-state index in [9.17, 15) is 0 Å². The summed E-state index contributed by atoms with van der Waals surface area (Å²) in [5.74, 6) is 0. The molecule has 0 bridgehead atoms. The summed E-state index contributed by atoms with van der Waals surface area (Å²) >= 11 is 0. The Morgan fingerprint density at radius 3 is 1.78 bits per heavy atom. The van der Waals surface area contributed by atoms with Gasteiger partial charge in [0.25, 0.3) is 0 Å². The molecule has 0 aliphatic carbocycles. The molecule has 2 rings (SSSR count). The second kappa shape index (κ2) is 7.14. The third-order valence-corrected chi connectivity index (χ3v) is 5.94. The van der Waals surface area contributed by atoms with Gasteiger partial charge in [-0.2, -0.15) is 0 Å². The summed E-state index contributed by atoms with van der Waals surface area (Å²) in [7, 11) is -1.23. The highest BCUT2D eigenvalue weighted by Gasteiger charge is 2.14. The van der Waals surface area contributed by atoms with E-state index in [1.165, 1.54) is 23.2 Å². The molecule has 0 unspecified atom stereocenters. The molecule has 1 nitrogen and oxygen atoms in total. The standard InChI is InChI=1S/C16H21NSi/c1-2-3-14-17-18(15-10-6-4-7-11-15)16-12-8-5-9-13-16/h4-13,17-18H,2-3,14H2,1H3. The predicted molar refractivity (Wildman–Crippen MR) is 82.2 cm³/mol. The van der Waals surface area contributed by atoms with Crippen LogP contribution in [0.4, 0.5) is 0 Å². The molecule has 2 heteroatoms. The van der Waals surface area contributed by atoms with Crippen LogP contribution in [0, 0.1) is 0 Å². The van der Waals surface area contributed by atoms with E-state index < -0.39 is 8.96 Å². The Labute approximate surface area is 112 Å². The highest BCUT2D eigenvalue weighted by molar-refractivity contribution is 6.83. The minimum absolute atomic E-state index is 1.12. The van der Waals surface area contributed by atoms with Gasteiger partial charge in [-0.05, 0) is 23.3 Å². The first-order valence-electron chi connectivity index (χ1n) is 6.75. The van der Waals surface area contributed by atoms with E-state index in [-0.39, 0.29) is 0 Å². The van der Waals surface area contributed by atoms with Gasteiger partial charge in [-0.1, -0.05) is 74.0 Å². The summed E-state index contributed by atoms with van der Waals surface area (Å²) in [4.78, 5) is 3.79. The molecule has 0 spiro atoms. The molecule has 0 aliphatic heterocycles. The molecule has 94 valence electrons. The van der Waals surface area contributed by atoms with Crippen molar-refractivity contribution in [2.45, 2.75) is 19.8 Å². The zero-order chi connectivity index (χ0) is 12.6. The van der Waals surface area contributed by atoms with E-state index in [0.29, 0.717) is 0 Å². The van der Waals surface area contributed by atoms with Crippen molar-refractivity contribution in [3.63, 3.8) is 0 Å². The van der Waals surface area contributed by atoms with E-state index in [2.05, 4.69) is 72.6 Å². The van der Waals surface area contributed by atoms with Crippen molar-refractivity contribution < 1.29 is 0 Å². The van der Waals surface area contributed by atoms with Crippen LogP contribution in [0.5, 0.6) is 0 Å². The van der Waals surface area contributed by atoms with Crippen LogP contribution in [0.15, 0.2) is 60.7 Å². The molecule has 1 N–H and O–H groups in total. The Hall–Kier alpha value is -1.38. The summed E-state index contributed by atoms with van der Waals surface area (Å²) in [5, 5.41) is 2.94. The average Bonchev–Trinajstić information content (AvgIpc) is 2.46. The third kappa shape index (κ3) is 3.55. The van der Waals surface area contributed by atoms with Crippen LogP contribution in [0.2, 0.25) is 0 Å². The fourth-order valence-corrected chi connectivity index (χ4v) is 4.71. The van der Waals surface area contributed by atoms with Gasteiger partial charge in [-0.3, -0.25) is 0 Å². The lowest BCUT2D eigenvalue weighted by molar-refractivity contribution is 0.765. The highest BCUT2D eigenvalue weighted by Crippen LogP contribution is 1.92. The van der Waals surface area contributed by atoms with Crippen molar-refractivity contribution in [3.05, 3.63) is 60.7 Å². The van der Waals surface area contributed by atoms with Crippen LogP contribution < -0.4 is 15.4 Å². The maximum atomic E-state index is 3.79. The van der Waals surface area contributed by atoms with Gasteiger partial charge in [0.1, 0.15) is 0 Å². The Kier molecular flexibility index (Phi) is 5.18. The summed E-state index contributed by atoms with van der Waals surface area (Å²) in [5.41, 5.74) is 0. The Morgan fingerprint density at radius 1 is 0.833 bits per heavy atom. The van der Waals surface area contributed by atoms with Gasteiger partial charge in [-0.25, -0.2) is 0 Å². The number of nitrogens with one attached hydrogen (secondary N) is 1. The predicted octanol–water partition coefficient (Wildman–Crippen LogP) is 1.91. The van der Waals surface area contributed by atoms with E-state index in [0.717, 1.165) is 6.54 Å². The second-order valence-corrected chi connectivity index (χ2v) is 7.17. The van der Waals surface area contributed by atoms with Gasteiger partial charge in [-0.15, -0.1) is 0 Å². The van der Waals surface area contributed by atoms with Crippen molar-refractivity contribution in [2.24, 2.45) is 0 Å². The first-order chi connectivity index (χ1) is 8.92. The quantitative estimate of drug-likeness (QED) is 0.614. The van der Waals surface area contributed by atoms with Crippen molar-refractivity contribution in [1.29, 1.82) is 0 Å². The van der Waals surface area contributed by atoms with Crippen LogP contribution >= 0.6 is 0 Å². The lowest BCUT2D eigenvalue weighted by atomic mass is 10.3. The summed E-state index contributed by atoms with van der Waals surface area (Å²) in [6, 6.07) is 21.7. The van der Waals surface area contributed by atoms with Crippen LogP contribution in [0.1, 0.15) is 19.8 Å². The van der Waals surface area contributed by atoms with Crippen molar-refractivity contribution in [1.82, 2.24) is 4.98 Å². The first kappa shape index (κ1) is 13.1. The van der Waals surface area contributed by atoms with Crippen molar-refractivity contribution >= 4 is 19.3 Å². The van der Waals surface area contributed by atoms with Gasteiger partial charge >= 0.3 is 0 Å². The van der Waals surface area contributed by atoms with Gasteiger partial charge in [0.2, 0.25) is 0 Å². The number of hydrogen-bond acceptors (Lipinski definition) is 1. The summed E-state index contributed by atoms with van der Waals surface area (Å²) < 4.78 is 0. The van der Waals surface area contributed by atoms with Crippen LogP contribution in [0.25, 0.3) is 0 Å². The summed E-state index contributed by atoms with van der Waals surface area (Å²) in [6.07, 6.45) is 2.50. The molecule has 0 amide bonds. The van der Waals surface area contributed by atoms with Gasteiger partial charge in [0.15, 0.2) is 8.96 Å². The zero-order valence-electron chi connectivity index (χ0n) is 11.0. The molecule has 2 aromatic carbocycles. The van der Waals surface area contributed by atoms with Gasteiger partial charge < -0.3 is 4.98 Å². The Balaban J connectivity index is 2.18. The molecular formula is C16H21NSi. The third-order valence-electron chi connectivity index (χ3n) is 3.14. The Morgan fingerprint density at radius 2 is 1.33 bits per heavy atom. The molecule has 0 atom stereocenters. The maximum absolute atomic E-state index is 3.79. The molecule has 2 aromatic rings. The minimum atomic E-state index is -1.23. The molecule has 0 heterocycles. The lowest BCUT2D eigenvalue weighted by Crippen LogP contribution is -2.54. The molecule has 0 aliphatic rings. The molecular weight excluding hydrogens is 234 g/mol. The average molecular weight is 255 g/mol. The topological polar surface area (TPSA) is 12.0 Å². The van der Waals surface area contributed by atoms with E-state index in [1.54, 1.807) is 0 Å². The van der Waals surface area contributed by atoms with Crippen LogP contribution in [-0.4, -0.2) is 15.5 Å². The van der Waals surface area contributed by atoms with Gasteiger partial charge in [0.05, 0.1) is 0 Å². The number of benzene rings is 2. The number of hydrogen-bond donors (Lipinski definition) is 1. The maximum Gasteiger partial charge on any atom is 0.173 e. The van der Waals surface area contributed by atoms with Gasteiger partial charge in [0, 0.05) is 0 Å². The Bertz CT molecular complexity index is 402. The molecule has 0 radical (unpaired) electrons. The lowest BCUT2D eigenvalue weighted by Gasteiger charge is -2.17. The normalized spacial score (nSPS) is 10.8. The van der Waals surface area contributed by atoms with E-state index >= 15 is 0 Å². The largest absolute Gasteiger partial charge is 0.333 e. The first-order valence-corrected chi connectivity index (χ1v) is 8.48. The SMILES string of the molecule is CCCCN[SiH](c1ccccc1)c1ccccc1. The number of unbranched alkanes of at least 4 members (excludes halogenated alkanes) is 1. The monoisotopic (exact) mass is 255 g/mol. The van der Waals surface area contributed by atoms with Crippen LogP contribution in [0.3, 0.4) is 0 Å². The van der Waals surface area contributed by atoms with Crippen LogP contribution in [-0.2, 0) is 0 Å². The molecule has 0 saturated carbocycles. The fourth-order valence-electron chi connectivity index (χ4n) is 2.14. The smallest absolute Gasteiger partial charge is 0.173 e. The molecule has 0 saturated heterocycles. The second-order valence-electron chi connectivity index (χ2n) is 4.56. The molecule has 18 heavy (non-hydrogen) atoms. The fraction of sp³-hybridized carbons (Fsp3) is 0.250. The number of rotatable bonds is 6. The molecule has 0 fully saturated rings. The molecule has 0 aromatic heterocycles. The van der Waals surface area contributed by atoms with E-state index in [4.69, 9.17) is 0 Å². The zero-order valence-corrected chi connectivity index (χ0v) is 12.1. The van der Waals surface area contributed by atoms with Crippen molar-refractivity contribution in [2.75, 3.05) is 6.54 Å². The summed E-state index contributed by atoms with van der Waals surface area (Å²) in [6.45, 7) is 3.36.